The van der Waals surface area contributed by atoms with Gasteiger partial charge < -0.3 is 19.7 Å². The van der Waals surface area contributed by atoms with Crippen molar-refractivity contribution in [2.24, 2.45) is 5.92 Å². The van der Waals surface area contributed by atoms with Crippen molar-refractivity contribution >= 4 is 23.7 Å². The zero-order valence-corrected chi connectivity index (χ0v) is 15.7. The van der Waals surface area contributed by atoms with Crippen LogP contribution in [0.5, 0.6) is 0 Å². The van der Waals surface area contributed by atoms with Crippen molar-refractivity contribution in [3.05, 3.63) is 29.8 Å². The molecule has 1 atom stereocenters. The molecular formula is C19H26N2O5. The molecule has 2 rings (SSSR count). The third-order valence-electron chi connectivity index (χ3n) is 4.03. The SMILES string of the molecule is COC(=O)c1ccccc1NC(=O)C1CCCN(C(=O)OC(C)(C)C)C1. The quantitative estimate of drug-likeness (QED) is 0.836. The topological polar surface area (TPSA) is 84.9 Å². The number of amides is 2. The number of anilines is 1. The summed E-state index contributed by atoms with van der Waals surface area (Å²) in [5.41, 5.74) is 0.119. The van der Waals surface area contributed by atoms with Gasteiger partial charge in [-0.1, -0.05) is 12.1 Å². The Bertz CT molecular complexity index is 681. The van der Waals surface area contributed by atoms with Gasteiger partial charge in [-0.25, -0.2) is 9.59 Å². The Morgan fingerprint density at radius 2 is 1.88 bits per heavy atom. The number of carbonyl (C=O) groups is 3. The van der Waals surface area contributed by atoms with Crippen molar-refractivity contribution in [1.29, 1.82) is 0 Å². The molecule has 1 aliphatic rings. The van der Waals surface area contributed by atoms with Gasteiger partial charge in [-0.05, 0) is 45.7 Å². The fraction of sp³-hybridized carbons (Fsp3) is 0.526. The van der Waals surface area contributed by atoms with E-state index in [-0.39, 0.29) is 11.8 Å². The van der Waals surface area contributed by atoms with Crippen LogP contribution in [-0.2, 0) is 14.3 Å². The van der Waals surface area contributed by atoms with Crippen molar-refractivity contribution in [2.45, 2.75) is 39.2 Å². The van der Waals surface area contributed by atoms with E-state index < -0.39 is 17.7 Å². The van der Waals surface area contributed by atoms with Crippen LogP contribution in [0.1, 0.15) is 44.0 Å². The Labute approximate surface area is 153 Å². The van der Waals surface area contributed by atoms with Crippen molar-refractivity contribution in [2.75, 3.05) is 25.5 Å². The van der Waals surface area contributed by atoms with Crippen LogP contribution in [0.25, 0.3) is 0 Å². The zero-order chi connectivity index (χ0) is 19.3. The molecule has 0 bridgehead atoms. The minimum absolute atomic E-state index is 0.227. The average molecular weight is 362 g/mol. The zero-order valence-electron chi connectivity index (χ0n) is 15.7. The minimum Gasteiger partial charge on any atom is -0.465 e. The monoisotopic (exact) mass is 362 g/mol. The third-order valence-corrected chi connectivity index (χ3v) is 4.03. The van der Waals surface area contributed by atoms with E-state index in [4.69, 9.17) is 9.47 Å². The summed E-state index contributed by atoms with van der Waals surface area (Å²) < 4.78 is 10.1. The lowest BCUT2D eigenvalue weighted by atomic mass is 9.97. The lowest BCUT2D eigenvalue weighted by Crippen LogP contribution is -2.45. The lowest BCUT2D eigenvalue weighted by molar-refractivity contribution is -0.121. The number of esters is 1. The molecule has 1 aromatic rings. The number of likely N-dealkylation sites (tertiary alicyclic amines) is 1. The van der Waals surface area contributed by atoms with Crippen LogP contribution in [0.15, 0.2) is 24.3 Å². The number of benzene rings is 1. The number of nitrogens with zero attached hydrogens (tertiary/aromatic N) is 1. The summed E-state index contributed by atoms with van der Waals surface area (Å²) >= 11 is 0. The summed E-state index contributed by atoms with van der Waals surface area (Å²) in [6.45, 7) is 6.28. The van der Waals surface area contributed by atoms with Crippen LogP contribution in [0.4, 0.5) is 10.5 Å². The maximum atomic E-state index is 12.6. The molecule has 1 aliphatic heterocycles. The largest absolute Gasteiger partial charge is 0.465 e. The molecule has 1 heterocycles. The van der Waals surface area contributed by atoms with Crippen LogP contribution < -0.4 is 5.32 Å². The van der Waals surface area contributed by atoms with Gasteiger partial charge in [-0.15, -0.1) is 0 Å². The highest BCUT2D eigenvalue weighted by molar-refractivity contribution is 6.02. The number of piperidine rings is 1. The molecule has 0 aliphatic carbocycles. The molecule has 1 aromatic carbocycles. The van der Waals surface area contributed by atoms with E-state index in [1.165, 1.54) is 7.11 Å². The summed E-state index contributed by atoms with van der Waals surface area (Å²) in [5.74, 6) is -1.10. The van der Waals surface area contributed by atoms with Gasteiger partial charge >= 0.3 is 12.1 Å². The van der Waals surface area contributed by atoms with Gasteiger partial charge in [0.25, 0.3) is 0 Å². The third kappa shape index (κ3) is 5.21. The first-order valence-corrected chi connectivity index (χ1v) is 8.67. The van der Waals surface area contributed by atoms with E-state index in [1.54, 1.807) is 29.2 Å². The molecule has 7 heteroatoms. The van der Waals surface area contributed by atoms with E-state index in [9.17, 15) is 14.4 Å². The smallest absolute Gasteiger partial charge is 0.410 e. The van der Waals surface area contributed by atoms with Crippen LogP contribution in [-0.4, -0.2) is 48.7 Å². The highest BCUT2D eigenvalue weighted by atomic mass is 16.6. The molecule has 142 valence electrons. The van der Waals surface area contributed by atoms with Gasteiger partial charge in [0.15, 0.2) is 0 Å². The molecule has 26 heavy (non-hydrogen) atoms. The molecule has 1 fully saturated rings. The van der Waals surface area contributed by atoms with Gasteiger partial charge in [0, 0.05) is 13.1 Å². The first-order valence-electron chi connectivity index (χ1n) is 8.67. The van der Waals surface area contributed by atoms with E-state index in [0.717, 1.165) is 6.42 Å². The fourth-order valence-corrected chi connectivity index (χ4v) is 2.80. The number of rotatable bonds is 3. The van der Waals surface area contributed by atoms with Gasteiger partial charge in [-0.2, -0.15) is 0 Å². The highest BCUT2D eigenvalue weighted by Crippen LogP contribution is 2.22. The van der Waals surface area contributed by atoms with Crippen LogP contribution in [0, 0.1) is 5.92 Å². The minimum atomic E-state index is -0.578. The van der Waals surface area contributed by atoms with E-state index >= 15 is 0 Å². The van der Waals surface area contributed by atoms with E-state index in [2.05, 4.69) is 5.32 Å². The predicted octanol–water partition coefficient (Wildman–Crippen LogP) is 3.06. The van der Waals surface area contributed by atoms with Gasteiger partial charge in [0.05, 0.1) is 24.3 Å². The standard InChI is InChI=1S/C19H26N2O5/c1-19(2,3)26-18(24)21-11-7-8-13(12-21)16(22)20-15-10-6-5-9-14(15)17(23)25-4/h5-6,9-10,13H,7-8,11-12H2,1-4H3,(H,20,22). The van der Waals surface area contributed by atoms with Crippen LogP contribution in [0.2, 0.25) is 0 Å². The number of para-hydroxylation sites is 1. The molecule has 0 radical (unpaired) electrons. The number of carbonyl (C=O) groups excluding carboxylic acids is 3. The maximum absolute atomic E-state index is 12.6. The average Bonchev–Trinajstić information content (AvgIpc) is 2.60. The molecule has 0 spiro atoms. The number of hydrogen-bond donors (Lipinski definition) is 1. The summed E-state index contributed by atoms with van der Waals surface area (Å²) in [5, 5.41) is 2.78. The second kappa shape index (κ2) is 8.21. The lowest BCUT2D eigenvalue weighted by Gasteiger charge is -2.33. The first kappa shape index (κ1) is 19.8. The molecule has 7 nitrogen and oxygen atoms in total. The second-order valence-electron chi connectivity index (χ2n) is 7.29. The molecule has 0 saturated carbocycles. The Balaban J connectivity index is 2.04. The van der Waals surface area contributed by atoms with Crippen LogP contribution >= 0.6 is 0 Å². The fourth-order valence-electron chi connectivity index (χ4n) is 2.80. The van der Waals surface area contributed by atoms with Gasteiger partial charge in [0.1, 0.15) is 5.60 Å². The molecule has 2 amide bonds. The summed E-state index contributed by atoms with van der Waals surface area (Å²) in [6, 6.07) is 6.68. The van der Waals surface area contributed by atoms with Crippen molar-refractivity contribution in [3.8, 4) is 0 Å². The van der Waals surface area contributed by atoms with Gasteiger partial charge in [0.2, 0.25) is 5.91 Å². The molecule has 1 saturated heterocycles. The molecule has 0 aromatic heterocycles. The molecule has 1 unspecified atom stereocenters. The van der Waals surface area contributed by atoms with Crippen LogP contribution in [0.3, 0.4) is 0 Å². The Morgan fingerprint density at radius 1 is 1.19 bits per heavy atom. The van der Waals surface area contributed by atoms with Crippen molar-refractivity contribution < 1.29 is 23.9 Å². The number of ether oxygens (including phenoxy) is 2. The Morgan fingerprint density at radius 3 is 2.54 bits per heavy atom. The molecular weight excluding hydrogens is 336 g/mol. The Kier molecular flexibility index (Phi) is 6.23. The molecule has 1 N–H and O–H groups in total. The maximum Gasteiger partial charge on any atom is 0.410 e. The van der Waals surface area contributed by atoms with E-state index in [0.29, 0.717) is 30.8 Å². The summed E-state index contributed by atoms with van der Waals surface area (Å²) in [7, 11) is 1.29. The number of nitrogens with one attached hydrogen (secondary N) is 1. The predicted molar refractivity (Wildman–Crippen MR) is 96.9 cm³/mol. The summed E-state index contributed by atoms with van der Waals surface area (Å²) in [4.78, 5) is 38.3. The van der Waals surface area contributed by atoms with Crippen molar-refractivity contribution in [1.82, 2.24) is 4.90 Å². The van der Waals surface area contributed by atoms with E-state index in [1.807, 2.05) is 20.8 Å². The first-order chi connectivity index (χ1) is 12.2. The second-order valence-corrected chi connectivity index (χ2v) is 7.29. The summed E-state index contributed by atoms with van der Waals surface area (Å²) in [6.07, 6.45) is 0.978. The normalized spacial score (nSPS) is 17.4. The number of methoxy groups -OCH3 is 1. The van der Waals surface area contributed by atoms with Crippen molar-refractivity contribution in [3.63, 3.8) is 0 Å². The highest BCUT2D eigenvalue weighted by Gasteiger charge is 2.31. The van der Waals surface area contributed by atoms with Gasteiger partial charge in [-0.3, -0.25) is 4.79 Å². The Hall–Kier alpha value is -2.57. The number of hydrogen-bond acceptors (Lipinski definition) is 5.